The fourth-order valence-corrected chi connectivity index (χ4v) is 3.14. The molecule has 27 heavy (non-hydrogen) atoms. The van der Waals surface area contributed by atoms with Crippen molar-refractivity contribution < 1.29 is 14.0 Å². The number of rotatable bonds is 7. The zero-order valence-electron chi connectivity index (χ0n) is 15.5. The zero-order chi connectivity index (χ0) is 19.2. The van der Waals surface area contributed by atoms with Crippen molar-refractivity contribution in [1.29, 1.82) is 0 Å². The van der Waals surface area contributed by atoms with Crippen LogP contribution in [-0.4, -0.2) is 36.9 Å². The van der Waals surface area contributed by atoms with E-state index >= 15 is 0 Å². The molecule has 5 nitrogen and oxygen atoms in total. The van der Waals surface area contributed by atoms with Gasteiger partial charge < -0.3 is 15.1 Å². The van der Waals surface area contributed by atoms with Crippen LogP contribution in [0.25, 0.3) is 0 Å². The smallest absolute Gasteiger partial charge is 0.227 e. The fraction of sp³-hybridized carbons (Fsp3) is 0.333. The van der Waals surface area contributed by atoms with E-state index in [9.17, 15) is 14.0 Å². The molecule has 0 aromatic heterocycles. The van der Waals surface area contributed by atoms with Crippen LogP contribution in [0.4, 0.5) is 15.8 Å². The van der Waals surface area contributed by atoms with Crippen molar-refractivity contribution in [1.82, 2.24) is 4.90 Å². The number of nitrogens with zero attached hydrogens (tertiary/aromatic N) is 2. The highest BCUT2D eigenvalue weighted by atomic mass is 19.1. The van der Waals surface area contributed by atoms with Crippen LogP contribution >= 0.6 is 0 Å². The maximum Gasteiger partial charge on any atom is 0.227 e. The first-order valence-electron chi connectivity index (χ1n) is 9.14. The van der Waals surface area contributed by atoms with Crippen LogP contribution in [0.15, 0.2) is 48.5 Å². The van der Waals surface area contributed by atoms with Gasteiger partial charge in [0, 0.05) is 43.9 Å². The lowest BCUT2D eigenvalue weighted by atomic mass is 10.2. The van der Waals surface area contributed by atoms with Crippen molar-refractivity contribution >= 4 is 23.2 Å². The summed E-state index contributed by atoms with van der Waals surface area (Å²) in [6.45, 7) is 2.01. The normalized spacial score (nSPS) is 14.0. The molecule has 2 amide bonds. The van der Waals surface area contributed by atoms with Gasteiger partial charge in [0.25, 0.3) is 0 Å². The molecule has 3 rings (SSSR count). The lowest BCUT2D eigenvalue weighted by Crippen LogP contribution is -2.24. The number of halogens is 1. The third kappa shape index (κ3) is 5.37. The lowest BCUT2D eigenvalue weighted by Gasteiger charge is -2.17. The summed E-state index contributed by atoms with van der Waals surface area (Å²) in [4.78, 5) is 27.7. The summed E-state index contributed by atoms with van der Waals surface area (Å²) in [7, 11) is 1.93. The Morgan fingerprint density at radius 2 is 1.85 bits per heavy atom. The van der Waals surface area contributed by atoms with Crippen LogP contribution in [0.5, 0.6) is 0 Å². The number of carbonyl (C=O) groups excluding carboxylic acids is 2. The average Bonchev–Trinajstić information content (AvgIpc) is 3.09. The molecule has 1 N–H and O–H groups in total. The maximum atomic E-state index is 12.9. The minimum atomic E-state index is -0.249. The number of amides is 2. The second-order valence-corrected chi connectivity index (χ2v) is 6.86. The second kappa shape index (κ2) is 8.77. The van der Waals surface area contributed by atoms with Crippen molar-refractivity contribution in [2.75, 3.05) is 30.4 Å². The minimum absolute atomic E-state index is 0.0639. The number of hydrogen-bond acceptors (Lipinski definition) is 3. The minimum Gasteiger partial charge on any atom is -0.326 e. The topological polar surface area (TPSA) is 52.7 Å². The molecule has 0 aliphatic carbocycles. The zero-order valence-corrected chi connectivity index (χ0v) is 15.5. The fourth-order valence-electron chi connectivity index (χ4n) is 3.14. The molecule has 0 atom stereocenters. The van der Waals surface area contributed by atoms with Crippen molar-refractivity contribution in [2.45, 2.75) is 25.8 Å². The van der Waals surface area contributed by atoms with Gasteiger partial charge in [0.2, 0.25) is 11.8 Å². The SMILES string of the molecule is CN(CCC(=O)Nc1ccc(N2CCCC2=O)cc1)Cc1ccc(F)cc1. The Morgan fingerprint density at radius 1 is 1.15 bits per heavy atom. The third-order valence-electron chi connectivity index (χ3n) is 4.62. The van der Waals surface area contributed by atoms with Crippen LogP contribution in [-0.2, 0) is 16.1 Å². The van der Waals surface area contributed by atoms with E-state index in [1.54, 1.807) is 17.0 Å². The summed E-state index contributed by atoms with van der Waals surface area (Å²) in [6, 6.07) is 13.7. The molecule has 0 radical (unpaired) electrons. The first kappa shape index (κ1) is 19.0. The monoisotopic (exact) mass is 369 g/mol. The van der Waals surface area contributed by atoms with Gasteiger partial charge in [-0.25, -0.2) is 4.39 Å². The van der Waals surface area contributed by atoms with E-state index < -0.39 is 0 Å². The van der Waals surface area contributed by atoms with Gasteiger partial charge in [-0.3, -0.25) is 9.59 Å². The van der Waals surface area contributed by atoms with Gasteiger partial charge in [-0.05, 0) is 55.4 Å². The number of benzene rings is 2. The number of hydrogen-bond donors (Lipinski definition) is 1. The molecular weight excluding hydrogens is 345 g/mol. The molecule has 142 valence electrons. The molecule has 1 saturated heterocycles. The summed E-state index contributed by atoms with van der Waals surface area (Å²) >= 11 is 0. The predicted molar refractivity (Wildman–Crippen MR) is 104 cm³/mol. The van der Waals surface area contributed by atoms with Crippen LogP contribution in [0, 0.1) is 5.82 Å². The van der Waals surface area contributed by atoms with Crippen molar-refractivity contribution in [3.05, 3.63) is 59.9 Å². The van der Waals surface area contributed by atoms with Gasteiger partial charge in [0.1, 0.15) is 5.82 Å². The van der Waals surface area contributed by atoms with Crippen molar-refractivity contribution in [3.63, 3.8) is 0 Å². The molecule has 0 unspecified atom stereocenters. The molecule has 1 fully saturated rings. The number of carbonyl (C=O) groups is 2. The van der Waals surface area contributed by atoms with E-state index in [2.05, 4.69) is 5.32 Å². The van der Waals surface area contributed by atoms with Crippen LogP contribution in [0.1, 0.15) is 24.8 Å². The van der Waals surface area contributed by atoms with E-state index in [1.807, 2.05) is 36.2 Å². The Kier molecular flexibility index (Phi) is 6.19. The van der Waals surface area contributed by atoms with Crippen molar-refractivity contribution in [2.24, 2.45) is 0 Å². The number of nitrogens with one attached hydrogen (secondary N) is 1. The average molecular weight is 369 g/mol. The molecule has 1 aliphatic heterocycles. The van der Waals surface area contributed by atoms with E-state index in [0.29, 0.717) is 25.9 Å². The maximum absolute atomic E-state index is 12.9. The molecule has 2 aromatic rings. The highest BCUT2D eigenvalue weighted by molar-refractivity contribution is 5.96. The van der Waals surface area contributed by atoms with E-state index in [1.165, 1.54) is 12.1 Å². The largest absolute Gasteiger partial charge is 0.326 e. The molecule has 0 saturated carbocycles. The van der Waals surface area contributed by atoms with E-state index in [-0.39, 0.29) is 17.6 Å². The quantitative estimate of drug-likeness (QED) is 0.814. The third-order valence-corrected chi connectivity index (χ3v) is 4.62. The van der Waals surface area contributed by atoms with Gasteiger partial charge >= 0.3 is 0 Å². The standard InChI is InChI=1S/C21H24FN3O2/c1-24(15-16-4-6-17(22)7-5-16)14-12-20(26)23-18-8-10-19(11-9-18)25-13-2-3-21(25)27/h4-11H,2-3,12-15H2,1H3,(H,23,26). The Labute approximate surface area is 158 Å². The van der Waals surface area contributed by atoms with Gasteiger partial charge in [-0.15, -0.1) is 0 Å². The molecule has 2 aromatic carbocycles. The van der Waals surface area contributed by atoms with Gasteiger partial charge in [-0.1, -0.05) is 12.1 Å². The summed E-state index contributed by atoms with van der Waals surface area (Å²) in [6.07, 6.45) is 1.86. The Hall–Kier alpha value is -2.73. The molecule has 1 heterocycles. The highest BCUT2D eigenvalue weighted by Crippen LogP contribution is 2.23. The Bertz CT molecular complexity index is 790. The van der Waals surface area contributed by atoms with Crippen LogP contribution < -0.4 is 10.2 Å². The summed E-state index contributed by atoms with van der Waals surface area (Å²) in [5.74, 6) is -0.164. The van der Waals surface area contributed by atoms with Gasteiger partial charge in [0.05, 0.1) is 0 Å². The van der Waals surface area contributed by atoms with Gasteiger partial charge in [0.15, 0.2) is 0 Å². The highest BCUT2D eigenvalue weighted by Gasteiger charge is 2.21. The molecule has 0 bridgehead atoms. The second-order valence-electron chi connectivity index (χ2n) is 6.86. The molecular formula is C21H24FN3O2. The van der Waals surface area contributed by atoms with Gasteiger partial charge in [-0.2, -0.15) is 0 Å². The lowest BCUT2D eigenvalue weighted by molar-refractivity contribution is -0.117. The van der Waals surface area contributed by atoms with Crippen molar-refractivity contribution in [3.8, 4) is 0 Å². The molecule has 6 heteroatoms. The van der Waals surface area contributed by atoms with Crippen LogP contribution in [0.2, 0.25) is 0 Å². The van der Waals surface area contributed by atoms with Crippen LogP contribution in [0.3, 0.4) is 0 Å². The summed E-state index contributed by atoms with van der Waals surface area (Å²) in [5, 5.41) is 2.88. The molecule has 1 aliphatic rings. The van der Waals surface area contributed by atoms with E-state index in [0.717, 1.165) is 29.9 Å². The predicted octanol–water partition coefficient (Wildman–Crippen LogP) is 3.41. The summed E-state index contributed by atoms with van der Waals surface area (Å²) in [5.41, 5.74) is 2.59. The Morgan fingerprint density at radius 3 is 2.48 bits per heavy atom. The first-order chi connectivity index (χ1) is 13.0. The first-order valence-corrected chi connectivity index (χ1v) is 9.14. The number of anilines is 2. The van der Waals surface area contributed by atoms with E-state index in [4.69, 9.17) is 0 Å². The molecule has 0 spiro atoms. The summed E-state index contributed by atoms with van der Waals surface area (Å²) < 4.78 is 12.9. The Balaban J connectivity index is 1.44.